The van der Waals surface area contributed by atoms with Gasteiger partial charge in [0.15, 0.2) is 0 Å². The zero-order chi connectivity index (χ0) is 10.1. The predicted octanol–water partition coefficient (Wildman–Crippen LogP) is 2.12. The van der Waals surface area contributed by atoms with Gasteiger partial charge in [-0.1, -0.05) is 11.6 Å². The third-order valence-corrected chi connectivity index (χ3v) is 2.40. The van der Waals surface area contributed by atoms with E-state index in [-0.39, 0.29) is 12.5 Å². The Hall–Kier alpha value is -1.22. The fourth-order valence-electron chi connectivity index (χ4n) is 1.60. The van der Waals surface area contributed by atoms with Crippen LogP contribution in [0, 0.1) is 0 Å². The van der Waals surface area contributed by atoms with Gasteiger partial charge in [-0.05, 0) is 23.8 Å². The van der Waals surface area contributed by atoms with Gasteiger partial charge in [0.1, 0.15) is 11.9 Å². The molecule has 1 atom stereocenters. The van der Waals surface area contributed by atoms with E-state index in [1.807, 2.05) is 6.07 Å². The lowest BCUT2D eigenvalue weighted by molar-refractivity contribution is -0.138. The summed E-state index contributed by atoms with van der Waals surface area (Å²) in [5.41, 5.74) is 0.990. The van der Waals surface area contributed by atoms with Crippen molar-refractivity contribution < 1.29 is 14.6 Å². The van der Waals surface area contributed by atoms with Crippen molar-refractivity contribution in [1.82, 2.24) is 0 Å². The molecule has 3 nitrogen and oxygen atoms in total. The predicted molar refractivity (Wildman–Crippen MR) is 51.8 cm³/mol. The summed E-state index contributed by atoms with van der Waals surface area (Å²) in [7, 11) is 0. The van der Waals surface area contributed by atoms with E-state index in [0.29, 0.717) is 11.4 Å². The molecule has 1 aliphatic heterocycles. The van der Waals surface area contributed by atoms with Crippen molar-refractivity contribution in [2.75, 3.05) is 0 Å². The number of halogens is 1. The molecule has 2 rings (SSSR count). The first-order chi connectivity index (χ1) is 6.65. The van der Waals surface area contributed by atoms with E-state index in [1.165, 1.54) is 0 Å². The molecule has 0 radical (unpaired) electrons. The molecule has 0 spiro atoms. The third kappa shape index (κ3) is 1.82. The number of ether oxygens (including phenoxy) is 1. The summed E-state index contributed by atoms with van der Waals surface area (Å²) < 4.78 is 5.43. The molecule has 1 unspecified atom stereocenters. The Labute approximate surface area is 86.3 Å². The van der Waals surface area contributed by atoms with E-state index in [2.05, 4.69) is 0 Å². The Balaban J connectivity index is 2.14. The minimum Gasteiger partial charge on any atom is -0.489 e. The van der Waals surface area contributed by atoms with Crippen LogP contribution in [0.3, 0.4) is 0 Å². The number of hydrogen-bond donors (Lipinski definition) is 1. The summed E-state index contributed by atoms with van der Waals surface area (Å²) in [6.07, 6.45) is 0.412. The highest BCUT2D eigenvalue weighted by Crippen LogP contribution is 2.31. The van der Waals surface area contributed by atoms with Crippen LogP contribution in [-0.2, 0) is 11.2 Å². The first-order valence-corrected chi connectivity index (χ1v) is 4.70. The molecule has 1 aliphatic rings. The van der Waals surface area contributed by atoms with E-state index in [1.54, 1.807) is 12.1 Å². The number of hydrogen-bond acceptors (Lipinski definition) is 2. The average Bonchev–Trinajstić information content (AvgIpc) is 2.44. The van der Waals surface area contributed by atoms with Crippen LogP contribution in [-0.4, -0.2) is 17.2 Å². The Bertz CT molecular complexity index is 376. The van der Waals surface area contributed by atoms with Crippen LogP contribution in [0.1, 0.15) is 12.0 Å². The van der Waals surface area contributed by atoms with Crippen molar-refractivity contribution in [3.05, 3.63) is 28.8 Å². The molecule has 1 aromatic carbocycles. The molecule has 0 saturated heterocycles. The number of carboxylic acids is 1. The highest BCUT2D eigenvalue weighted by molar-refractivity contribution is 6.30. The maximum Gasteiger partial charge on any atom is 0.307 e. The molecule has 0 bridgehead atoms. The summed E-state index contributed by atoms with van der Waals surface area (Å²) in [4.78, 5) is 10.5. The molecule has 0 saturated carbocycles. The lowest BCUT2D eigenvalue weighted by atomic mass is 10.1. The van der Waals surface area contributed by atoms with Crippen LogP contribution in [0.4, 0.5) is 0 Å². The van der Waals surface area contributed by atoms with Crippen molar-refractivity contribution in [3.63, 3.8) is 0 Å². The van der Waals surface area contributed by atoms with Crippen molar-refractivity contribution in [2.45, 2.75) is 18.9 Å². The Morgan fingerprint density at radius 3 is 3.14 bits per heavy atom. The number of aliphatic carboxylic acids is 1. The fourth-order valence-corrected chi connectivity index (χ4v) is 1.79. The SMILES string of the molecule is O=C(O)CC1Cc2cc(Cl)ccc2O1. The topological polar surface area (TPSA) is 46.5 Å². The van der Waals surface area contributed by atoms with Crippen molar-refractivity contribution >= 4 is 17.6 Å². The van der Waals surface area contributed by atoms with Crippen LogP contribution in [0.15, 0.2) is 18.2 Å². The summed E-state index contributed by atoms with van der Waals surface area (Å²) >= 11 is 5.80. The van der Waals surface area contributed by atoms with Gasteiger partial charge in [-0.3, -0.25) is 4.79 Å². The zero-order valence-electron chi connectivity index (χ0n) is 7.37. The molecule has 0 fully saturated rings. The molecule has 4 heteroatoms. The van der Waals surface area contributed by atoms with Crippen LogP contribution in [0.5, 0.6) is 5.75 Å². The van der Waals surface area contributed by atoms with Gasteiger partial charge in [0.2, 0.25) is 0 Å². The molecule has 1 N–H and O–H groups in total. The molecule has 74 valence electrons. The standard InChI is InChI=1S/C10H9ClO3/c11-7-1-2-9-6(3-7)4-8(14-9)5-10(12)13/h1-3,8H,4-5H2,(H,12,13). The van der Waals surface area contributed by atoms with Gasteiger partial charge in [0, 0.05) is 11.4 Å². The smallest absolute Gasteiger partial charge is 0.307 e. The lowest BCUT2D eigenvalue weighted by Gasteiger charge is -2.06. The molecular weight excluding hydrogens is 204 g/mol. The average molecular weight is 213 g/mol. The number of fused-ring (bicyclic) bond motifs is 1. The number of rotatable bonds is 2. The van der Waals surface area contributed by atoms with Gasteiger partial charge >= 0.3 is 5.97 Å². The normalized spacial score (nSPS) is 18.8. The molecule has 0 amide bonds. The van der Waals surface area contributed by atoms with Crippen molar-refractivity contribution in [3.8, 4) is 5.75 Å². The van der Waals surface area contributed by atoms with Gasteiger partial charge in [-0.2, -0.15) is 0 Å². The Morgan fingerprint density at radius 1 is 1.64 bits per heavy atom. The third-order valence-electron chi connectivity index (χ3n) is 2.17. The van der Waals surface area contributed by atoms with Gasteiger partial charge in [-0.15, -0.1) is 0 Å². The highest BCUT2D eigenvalue weighted by atomic mass is 35.5. The second-order valence-corrected chi connectivity index (χ2v) is 3.73. The van der Waals surface area contributed by atoms with Crippen molar-refractivity contribution in [1.29, 1.82) is 0 Å². The summed E-state index contributed by atoms with van der Waals surface area (Å²) in [6, 6.07) is 5.34. The van der Waals surface area contributed by atoms with E-state index >= 15 is 0 Å². The highest BCUT2D eigenvalue weighted by Gasteiger charge is 2.24. The van der Waals surface area contributed by atoms with E-state index in [9.17, 15) is 4.79 Å². The monoisotopic (exact) mass is 212 g/mol. The quantitative estimate of drug-likeness (QED) is 0.817. The zero-order valence-corrected chi connectivity index (χ0v) is 8.12. The molecule has 0 aliphatic carbocycles. The second-order valence-electron chi connectivity index (χ2n) is 3.29. The minimum atomic E-state index is -0.839. The second kappa shape index (κ2) is 3.50. The van der Waals surface area contributed by atoms with E-state index in [0.717, 1.165) is 11.3 Å². The minimum absolute atomic E-state index is 0.0340. The number of carbonyl (C=O) groups is 1. The van der Waals surface area contributed by atoms with E-state index < -0.39 is 5.97 Å². The maximum absolute atomic E-state index is 10.5. The lowest BCUT2D eigenvalue weighted by Crippen LogP contribution is -2.17. The summed E-state index contributed by atoms with van der Waals surface area (Å²) in [6.45, 7) is 0. The maximum atomic E-state index is 10.5. The first kappa shape index (κ1) is 9.34. The Kier molecular flexibility index (Phi) is 2.33. The van der Waals surface area contributed by atoms with Crippen LogP contribution < -0.4 is 4.74 Å². The molecule has 1 heterocycles. The van der Waals surface area contributed by atoms with Crippen LogP contribution in [0.2, 0.25) is 5.02 Å². The number of carboxylic acid groups (broad SMARTS) is 1. The molecule has 1 aromatic rings. The molecule has 0 aromatic heterocycles. The fraction of sp³-hybridized carbons (Fsp3) is 0.300. The Morgan fingerprint density at radius 2 is 2.43 bits per heavy atom. The molecular formula is C10H9ClO3. The largest absolute Gasteiger partial charge is 0.489 e. The van der Waals surface area contributed by atoms with Gasteiger partial charge < -0.3 is 9.84 Å². The van der Waals surface area contributed by atoms with Crippen molar-refractivity contribution in [2.24, 2.45) is 0 Å². The van der Waals surface area contributed by atoms with Gasteiger partial charge in [-0.25, -0.2) is 0 Å². The van der Waals surface area contributed by atoms with Gasteiger partial charge in [0.25, 0.3) is 0 Å². The first-order valence-electron chi connectivity index (χ1n) is 4.32. The molecule has 14 heavy (non-hydrogen) atoms. The number of benzene rings is 1. The van der Waals surface area contributed by atoms with E-state index in [4.69, 9.17) is 21.4 Å². The van der Waals surface area contributed by atoms with Gasteiger partial charge in [0.05, 0.1) is 6.42 Å². The van der Waals surface area contributed by atoms with Crippen LogP contribution >= 0.6 is 11.6 Å². The van der Waals surface area contributed by atoms with Crippen LogP contribution in [0.25, 0.3) is 0 Å². The summed E-state index contributed by atoms with van der Waals surface area (Å²) in [5.74, 6) is -0.0884. The summed E-state index contributed by atoms with van der Waals surface area (Å²) in [5, 5.41) is 9.26.